The SMILES string of the molecule is CCC(C)CC(N)c1c(Br)nnn1C. The van der Waals surface area contributed by atoms with Crippen molar-refractivity contribution in [2.24, 2.45) is 18.7 Å². The Hall–Kier alpha value is -0.420. The molecule has 0 amide bonds. The van der Waals surface area contributed by atoms with Crippen LogP contribution in [-0.4, -0.2) is 15.0 Å². The topological polar surface area (TPSA) is 56.7 Å². The van der Waals surface area contributed by atoms with E-state index in [4.69, 9.17) is 5.73 Å². The standard InChI is InChI=1S/C9H17BrN4/c1-4-6(2)5-7(11)8-9(10)12-13-14(8)3/h6-7H,4-5,11H2,1-3H3. The van der Waals surface area contributed by atoms with Crippen molar-refractivity contribution in [3.63, 3.8) is 0 Å². The second-order valence-corrected chi connectivity index (χ2v) is 4.50. The summed E-state index contributed by atoms with van der Waals surface area (Å²) in [6.07, 6.45) is 2.12. The van der Waals surface area contributed by atoms with Crippen molar-refractivity contribution >= 4 is 15.9 Å². The first kappa shape index (κ1) is 11.7. The van der Waals surface area contributed by atoms with Crippen molar-refractivity contribution < 1.29 is 0 Å². The number of rotatable bonds is 4. The lowest BCUT2D eigenvalue weighted by Crippen LogP contribution is -2.17. The van der Waals surface area contributed by atoms with Crippen molar-refractivity contribution in [3.8, 4) is 0 Å². The van der Waals surface area contributed by atoms with Gasteiger partial charge in [0.15, 0.2) is 4.60 Å². The monoisotopic (exact) mass is 260 g/mol. The number of hydrogen-bond donors (Lipinski definition) is 1. The Bertz CT molecular complexity index is 278. The molecule has 14 heavy (non-hydrogen) atoms. The van der Waals surface area contributed by atoms with Crippen LogP contribution in [0.3, 0.4) is 0 Å². The second-order valence-electron chi connectivity index (χ2n) is 3.74. The van der Waals surface area contributed by atoms with Gasteiger partial charge in [0.25, 0.3) is 0 Å². The molecule has 0 radical (unpaired) electrons. The molecular formula is C9H17BrN4. The lowest BCUT2D eigenvalue weighted by Gasteiger charge is -2.15. The van der Waals surface area contributed by atoms with Crippen LogP contribution in [0, 0.1) is 5.92 Å². The zero-order chi connectivity index (χ0) is 10.7. The molecule has 0 fully saturated rings. The fraction of sp³-hybridized carbons (Fsp3) is 0.778. The fourth-order valence-corrected chi connectivity index (χ4v) is 2.07. The summed E-state index contributed by atoms with van der Waals surface area (Å²) in [5, 5.41) is 7.83. The molecular weight excluding hydrogens is 244 g/mol. The van der Waals surface area contributed by atoms with Gasteiger partial charge in [-0.15, -0.1) is 5.10 Å². The molecule has 0 spiro atoms. The predicted molar refractivity (Wildman–Crippen MR) is 59.7 cm³/mol. The lowest BCUT2D eigenvalue weighted by molar-refractivity contribution is 0.444. The van der Waals surface area contributed by atoms with Crippen molar-refractivity contribution in [3.05, 3.63) is 10.3 Å². The maximum absolute atomic E-state index is 6.09. The average Bonchev–Trinajstić information content (AvgIpc) is 2.46. The van der Waals surface area contributed by atoms with Gasteiger partial charge in [-0.1, -0.05) is 25.5 Å². The third-order valence-electron chi connectivity index (χ3n) is 2.53. The molecule has 0 saturated heterocycles. The summed E-state index contributed by atoms with van der Waals surface area (Å²) in [7, 11) is 1.86. The van der Waals surface area contributed by atoms with Gasteiger partial charge in [0, 0.05) is 13.1 Å². The maximum atomic E-state index is 6.09. The first-order valence-electron chi connectivity index (χ1n) is 4.86. The van der Waals surface area contributed by atoms with E-state index < -0.39 is 0 Å². The van der Waals surface area contributed by atoms with E-state index in [0.29, 0.717) is 5.92 Å². The van der Waals surface area contributed by atoms with E-state index in [1.807, 2.05) is 7.05 Å². The number of aromatic nitrogens is 3. The summed E-state index contributed by atoms with van der Waals surface area (Å²) in [4.78, 5) is 0. The van der Waals surface area contributed by atoms with Gasteiger partial charge < -0.3 is 5.73 Å². The molecule has 4 nitrogen and oxygen atoms in total. The van der Waals surface area contributed by atoms with E-state index in [0.717, 1.165) is 23.1 Å². The average molecular weight is 261 g/mol. The smallest absolute Gasteiger partial charge is 0.153 e. The third-order valence-corrected chi connectivity index (χ3v) is 3.10. The first-order chi connectivity index (χ1) is 6.56. The minimum atomic E-state index is 0.0133. The summed E-state index contributed by atoms with van der Waals surface area (Å²) in [5.41, 5.74) is 7.06. The Balaban J connectivity index is 2.73. The Kier molecular flexibility index (Phi) is 4.07. The Morgan fingerprint density at radius 3 is 2.64 bits per heavy atom. The second kappa shape index (κ2) is 4.89. The number of nitrogens with zero attached hydrogens (tertiary/aromatic N) is 3. The van der Waals surface area contributed by atoms with Crippen LogP contribution in [0.15, 0.2) is 4.60 Å². The molecule has 0 aromatic carbocycles. The van der Waals surface area contributed by atoms with Crippen LogP contribution in [-0.2, 0) is 7.05 Å². The van der Waals surface area contributed by atoms with E-state index in [1.54, 1.807) is 4.68 Å². The summed E-state index contributed by atoms with van der Waals surface area (Å²) in [5.74, 6) is 0.631. The molecule has 1 aromatic rings. The number of nitrogens with two attached hydrogens (primary N) is 1. The van der Waals surface area contributed by atoms with Crippen LogP contribution in [0.25, 0.3) is 0 Å². The van der Waals surface area contributed by atoms with Gasteiger partial charge in [0.2, 0.25) is 0 Å². The molecule has 1 rings (SSSR count). The largest absolute Gasteiger partial charge is 0.323 e. The lowest BCUT2D eigenvalue weighted by atomic mass is 9.98. The van der Waals surface area contributed by atoms with Crippen LogP contribution in [0.1, 0.15) is 38.4 Å². The first-order valence-corrected chi connectivity index (χ1v) is 5.66. The fourth-order valence-electron chi connectivity index (χ4n) is 1.44. The van der Waals surface area contributed by atoms with Crippen LogP contribution >= 0.6 is 15.9 Å². The molecule has 1 heterocycles. The molecule has 2 N–H and O–H groups in total. The van der Waals surface area contributed by atoms with E-state index in [2.05, 4.69) is 40.1 Å². The van der Waals surface area contributed by atoms with Crippen molar-refractivity contribution in [2.45, 2.75) is 32.7 Å². The van der Waals surface area contributed by atoms with Gasteiger partial charge >= 0.3 is 0 Å². The van der Waals surface area contributed by atoms with E-state index in [1.165, 1.54) is 0 Å². The minimum absolute atomic E-state index is 0.0133. The molecule has 2 unspecified atom stereocenters. The Morgan fingerprint density at radius 2 is 2.21 bits per heavy atom. The summed E-state index contributed by atoms with van der Waals surface area (Å²) in [6, 6.07) is 0.0133. The van der Waals surface area contributed by atoms with Gasteiger partial charge in [-0.25, -0.2) is 4.68 Å². The summed E-state index contributed by atoms with van der Waals surface area (Å²) < 4.78 is 2.49. The quantitative estimate of drug-likeness (QED) is 0.902. The van der Waals surface area contributed by atoms with E-state index in [-0.39, 0.29) is 6.04 Å². The molecule has 0 aliphatic heterocycles. The third kappa shape index (κ3) is 2.54. The Morgan fingerprint density at radius 1 is 1.57 bits per heavy atom. The minimum Gasteiger partial charge on any atom is -0.323 e. The normalized spacial score (nSPS) is 15.5. The molecule has 5 heteroatoms. The molecule has 0 aliphatic carbocycles. The van der Waals surface area contributed by atoms with Gasteiger partial charge in [-0.3, -0.25) is 0 Å². The highest BCUT2D eigenvalue weighted by Gasteiger charge is 2.17. The molecule has 0 bridgehead atoms. The van der Waals surface area contributed by atoms with E-state index in [9.17, 15) is 0 Å². The van der Waals surface area contributed by atoms with E-state index >= 15 is 0 Å². The Labute approximate surface area is 93.0 Å². The number of aryl methyl sites for hydroxylation is 1. The van der Waals surface area contributed by atoms with Crippen LogP contribution in [0.2, 0.25) is 0 Å². The zero-order valence-corrected chi connectivity index (χ0v) is 10.5. The number of hydrogen-bond acceptors (Lipinski definition) is 3. The molecule has 1 aromatic heterocycles. The van der Waals surface area contributed by atoms with Crippen LogP contribution < -0.4 is 5.73 Å². The van der Waals surface area contributed by atoms with Crippen molar-refractivity contribution in [1.82, 2.24) is 15.0 Å². The highest BCUT2D eigenvalue weighted by Crippen LogP contribution is 2.24. The molecule has 2 atom stereocenters. The van der Waals surface area contributed by atoms with Crippen LogP contribution in [0.4, 0.5) is 0 Å². The molecule has 0 saturated carbocycles. The highest BCUT2D eigenvalue weighted by molar-refractivity contribution is 9.10. The van der Waals surface area contributed by atoms with Gasteiger partial charge in [-0.2, -0.15) is 0 Å². The highest BCUT2D eigenvalue weighted by atomic mass is 79.9. The summed E-state index contributed by atoms with van der Waals surface area (Å²) in [6.45, 7) is 4.38. The number of halogens is 1. The maximum Gasteiger partial charge on any atom is 0.153 e. The van der Waals surface area contributed by atoms with Gasteiger partial charge in [0.05, 0.1) is 5.69 Å². The van der Waals surface area contributed by atoms with Gasteiger partial charge in [0.1, 0.15) is 0 Å². The van der Waals surface area contributed by atoms with Gasteiger partial charge in [-0.05, 0) is 28.3 Å². The van der Waals surface area contributed by atoms with Crippen molar-refractivity contribution in [2.75, 3.05) is 0 Å². The zero-order valence-electron chi connectivity index (χ0n) is 8.87. The van der Waals surface area contributed by atoms with Crippen molar-refractivity contribution in [1.29, 1.82) is 0 Å². The predicted octanol–water partition coefficient (Wildman–Crippen LogP) is 2.01. The van der Waals surface area contributed by atoms with Crippen LogP contribution in [0.5, 0.6) is 0 Å². The summed E-state index contributed by atoms with van der Waals surface area (Å²) >= 11 is 3.36. The molecule has 80 valence electrons. The molecule has 0 aliphatic rings.